The summed E-state index contributed by atoms with van der Waals surface area (Å²) < 4.78 is 0. The van der Waals surface area contributed by atoms with Gasteiger partial charge in [-0.15, -0.1) is 0 Å². The molecule has 3 rings (SSSR count). The molecule has 140 valence electrons. The summed E-state index contributed by atoms with van der Waals surface area (Å²) in [5.41, 5.74) is 0. The molecule has 0 spiro atoms. The van der Waals surface area contributed by atoms with Crippen molar-refractivity contribution in [3.05, 3.63) is 36.4 Å². The Labute approximate surface area is 154 Å². The second kappa shape index (κ2) is 10.4. The Bertz CT molecular complexity index is 559. The molecule has 0 fully saturated rings. The highest BCUT2D eigenvalue weighted by molar-refractivity contribution is 5.46. The largest absolute Gasteiger partial charge is 0.369 e. The Morgan fingerprint density at radius 1 is 0.462 bits per heavy atom. The molecule has 0 aliphatic carbocycles. The van der Waals surface area contributed by atoms with Crippen molar-refractivity contribution in [3.63, 3.8) is 0 Å². The lowest BCUT2D eigenvalue weighted by Crippen LogP contribution is -2.28. The van der Waals surface area contributed by atoms with E-state index >= 15 is 0 Å². The van der Waals surface area contributed by atoms with E-state index in [0.717, 1.165) is 75.6 Å². The zero-order valence-electron chi connectivity index (χ0n) is 15.0. The lowest BCUT2D eigenvalue weighted by molar-refractivity contribution is 0.714. The van der Waals surface area contributed by atoms with Gasteiger partial charge in [0, 0.05) is 52.4 Å². The second-order valence-electron chi connectivity index (χ2n) is 6.02. The van der Waals surface area contributed by atoms with Gasteiger partial charge in [-0.25, -0.2) is 9.97 Å². The molecule has 8 nitrogen and oxygen atoms in total. The lowest BCUT2D eigenvalue weighted by Gasteiger charge is -2.12. The van der Waals surface area contributed by atoms with Crippen LogP contribution in [0.15, 0.2) is 36.4 Å². The minimum atomic E-state index is 0.829. The van der Waals surface area contributed by atoms with Gasteiger partial charge in [0.1, 0.15) is 23.3 Å². The number of hydrogen-bond donors (Lipinski definition) is 6. The highest BCUT2D eigenvalue weighted by Crippen LogP contribution is 2.09. The minimum absolute atomic E-state index is 0.829. The normalized spacial score (nSPS) is 16.9. The molecule has 0 saturated heterocycles. The number of nitrogens with one attached hydrogen (secondary N) is 6. The van der Waals surface area contributed by atoms with E-state index in [9.17, 15) is 0 Å². The maximum Gasteiger partial charge on any atom is 0.128 e. The topological polar surface area (TPSA) is 98.0 Å². The van der Waals surface area contributed by atoms with Crippen molar-refractivity contribution in [1.82, 2.24) is 20.6 Å². The van der Waals surface area contributed by atoms with Gasteiger partial charge in [0.2, 0.25) is 0 Å². The van der Waals surface area contributed by atoms with Gasteiger partial charge in [-0.1, -0.05) is 12.1 Å². The molecule has 3 heterocycles. The number of anilines is 4. The SMILES string of the molecule is c1cc2nc(c1)NCCNCCNc1cccc(n1)NCCNCCN2. The molecule has 4 bridgehead atoms. The summed E-state index contributed by atoms with van der Waals surface area (Å²) in [5, 5.41) is 20.2. The Balaban J connectivity index is 1.53. The van der Waals surface area contributed by atoms with Crippen molar-refractivity contribution in [3.8, 4) is 0 Å². The third kappa shape index (κ3) is 6.38. The van der Waals surface area contributed by atoms with Crippen LogP contribution in [0.25, 0.3) is 0 Å². The first-order valence-electron chi connectivity index (χ1n) is 9.21. The van der Waals surface area contributed by atoms with Gasteiger partial charge in [-0.05, 0) is 24.3 Å². The monoisotopic (exact) mass is 356 g/mol. The van der Waals surface area contributed by atoms with E-state index in [1.54, 1.807) is 0 Å². The first kappa shape index (κ1) is 18.2. The molecule has 0 saturated carbocycles. The van der Waals surface area contributed by atoms with Crippen molar-refractivity contribution in [1.29, 1.82) is 0 Å². The van der Waals surface area contributed by atoms with Crippen LogP contribution in [-0.4, -0.2) is 62.3 Å². The van der Waals surface area contributed by atoms with Gasteiger partial charge < -0.3 is 31.9 Å². The standard InChI is InChI=1S/C18H28N8/c1-3-15-21-11-7-19-9-13-23-17-5-2-6-18(26-17)24-14-10-20-8-12-22-16(4-1)25-15/h1-6,19-20H,7-14H2,(H2,21,22,25)(H2,23,24,26). The van der Waals surface area contributed by atoms with Crippen molar-refractivity contribution < 1.29 is 0 Å². The molecule has 0 atom stereocenters. The molecule has 2 aromatic heterocycles. The Morgan fingerprint density at radius 3 is 1.08 bits per heavy atom. The summed E-state index contributed by atoms with van der Waals surface area (Å²) in [6.45, 7) is 6.82. The van der Waals surface area contributed by atoms with E-state index < -0.39 is 0 Å². The highest BCUT2D eigenvalue weighted by Gasteiger charge is 1.99. The predicted molar refractivity (Wildman–Crippen MR) is 108 cm³/mol. The number of rotatable bonds is 0. The minimum Gasteiger partial charge on any atom is -0.369 e. The number of pyridine rings is 2. The van der Waals surface area contributed by atoms with Crippen LogP contribution in [0.1, 0.15) is 0 Å². The average Bonchev–Trinajstić information content (AvgIpc) is 2.66. The molecule has 6 N–H and O–H groups in total. The van der Waals surface area contributed by atoms with E-state index in [-0.39, 0.29) is 0 Å². The molecular formula is C18H28N8. The van der Waals surface area contributed by atoms with Crippen molar-refractivity contribution >= 4 is 23.3 Å². The molecular weight excluding hydrogens is 328 g/mol. The predicted octanol–water partition coefficient (Wildman–Crippen LogP) is 1.02. The summed E-state index contributed by atoms with van der Waals surface area (Å²) >= 11 is 0. The molecule has 0 radical (unpaired) electrons. The number of hydrogen-bond acceptors (Lipinski definition) is 8. The Hall–Kier alpha value is -2.58. The maximum atomic E-state index is 4.57. The van der Waals surface area contributed by atoms with Gasteiger partial charge in [0.25, 0.3) is 0 Å². The van der Waals surface area contributed by atoms with Crippen molar-refractivity contribution in [2.75, 3.05) is 73.6 Å². The Kier molecular flexibility index (Phi) is 7.30. The lowest BCUT2D eigenvalue weighted by atomic mass is 10.4. The third-order valence-electron chi connectivity index (χ3n) is 3.93. The smallest absolute Gasteiger partial charge is 0.128 e. The summed E-state index contributed by atoms with van der Waals surface area (Å²) in [4.78, 5) is 9.14. The first-order valence-corrected chi connectivity index (χ1v) is 9.21. The van der Waals surface area contributed by atoms with E-state index in [1.165, 1.54) is 0 Å². The van der Waals surface area contributed by atoms with Gasteiger partial charge in [-0.2, -0.15) is 0 Å². The van der Waals surface area contributed by atoms with Crippen LogP contribution >= 0.6 is 0 Å². The molecule has 0 aromatic carbocycles. The van der Waals surface area contributed by atoms with Gasteiger partial charge in [0.15, 0.2) is 0 Å². The van der Waals surface area contributed by atoms with Gasteiger partial charge in [-0.3, -0.25) is 0 Å². The molecule has 0 unspecified atom stereocenters. The fourth-order valence-corrected chi connectivity index (χ4v) is 2.63. The molecule has 0 amide bonds. The number of fused-ring (bicyclic) bond motifs is 4. The molecule has 2 aromatic rings. The zero-order chi connectivity index (χ0) is 17.9. The van der Waals surface area contributed by atoms with Crippen LogP contribution in [0, 0.1) is 0 Å². The second-order valence-corrected chi connectivity index (χ2v) is 6.02. The van der Waals surface area contributed by atoms with Crippen LogP contribution < -0.4 is 31.9 Å². The van der Waals surface area contributed by atoms with Crippen LogP contribution in [0.3, 0.4) is 0 Å². The highest BCUT2D eigenvalue weighted by atomic mass is 15.1. The zero-order valence-corrected chi connectivity index (χ0v) is 15.0. The van der Waals surface area contributed by atoms with Crippen molar-refractivity contribution in [2.45, 2.75) is 0 Å². The molecule has 8 heteroatoms. The van der Waals surface area contributed by atoms with E-state index in [2.05, 4.69) is 41.9 Å². The maximum absolute atomic E-state index is 4.57. The van der Waals surface area contributed by atoms with Crippen LogP contribution in [-0.2, 0) is 0 Å². The van der Waals surface area contributed by atoms with Crippen molar-refractivity contribution in [2.24, 2.45) is 0 Å². The summed E-state index contributed by atoms with van der Waals surface area (Å²) in [6, 6.07) is 12.0. The first-order chi connectivity index (χ1) is 12.9. The third-order valence-corrected chi connectivity index (χ3v) is 3.93. The van der Waals surface area contributed by atoms with Gasteiger partial charge in [0.05, 0.1) is 0 Å². The Morgan fingerprint density at radius 2 is 0.769 bits per heavy atom. The molecule has 26 heavy (non-hydrogen) atoms. The van der Waals surface area contributed by atoms with Crippen LogP contribution in [0.5, 0.6) is 0 Å². The van der Waals surface area contributed by atoms with Crippen LogP contribution in [0.2, 0.25) is 0 Å². The average molecular weight is 356 g/mol. The fourth-order valence-electron chi connectivity index (χ4n) is 2.63. The van der Waals surface area contributed by atoms with E-state index in [4.69, 9.17) is 0 Å². The molecule has 1 aliphatic heterocycles. The number of nitrogens with zero attached hydrogens (tertiary/aromatic N) is 2. The van der Waals surface area contributed by atoms with Gasteiger partial charge >= 0.3 is 0 Å². The fraction of sp³-hybridized carbons (Fsp3) is 0.444. The van der Waals surface area contributed by atoms with E-state index in [0.29, 0.717) is 0 Å². The molecule has 1 aliphatic rings. The van der Waals surface area contributed by atoms with E-state index in [1.807, 2.05) is 36.4 Å². The quantitative estimate of drug-likeness (QED) is 0.416. The number of aromatic nitrogens is 2. The summed E-state index contributed by atoms with van der Waals surface area (Å²) in [5.74, 6) is 3.56. The summed E-state index contributed by atoms with van der Waals surface area (Å²) in [7, 11) is 0. The van der Waals surface area contributed by atoms with Crippen LogP contribution in [0.4, 0.5) is 23.3 Å². The summed E-state index contributed by atoms with van der Waals surface area (Å²) in [6.07, 6.45) is 0.